The van der Waals surface area contributed by atoms with Gasteiger partial charge in [-0.2, -0.15) is 5.26 Å². The fourth-order valence-electron chi connectivity index (χ4n) is 2.57. The molecule has 1 aliphatic heterocycles. The van der Waals surface area contributed by atoms with E-state index in [1.54, 1.807) is 11.8 Å². The molecule has 1 aromatic heterocycles. The lowest BCUT2D eigenvalue weighted by Gasteiger charge is -2.22. The molecule has 3 rings (SSSR count). The molecule has 5 heteroatoms. The Kier molecular flexibility index (Phi) is 6.25. The summed E-state index contributed by atoms with van der Waals surface area (Å²) >= 11 is 1.55. The van der Waals surface area contributed by atoms with Crippen molar-refractivity contribution in [2.75, 3.05) is 19.0 Å². The Labute approximate surface area is 146 Å². The summed E-state index contributed by atoms with van der Waals surface area (Å²) in [4.78, 5) is 4.65. The number of hydrogen-bond acceptors (Lipinski definition) is 5. The first-order valence-corrected chi connectivity index (χ1v) is 9.18. The largest absolute Gasteiger partial charge is 0.353 e. The molecule has 4 nitrogen and oxygen atoms in total. The van der Waals surface area contributed by atoms with Crippen LogP contribution < -0.4 is 0 Å². The monoisotopic (exact) mass is 340 g/mol. The second kappa shape index (κ2) is 8.84. The van der Waals surface area contributed by atoms with E-state index in [0.717, 1.165) is 47.9 Å². The fourth-order valence-corrected chi connectivity index (χ4v) is 3.37. The normalized spacial score (nSPS) is 17.4. The molecule has 1 saturated heterocycles. The van der Waals surface area contributed by atoms with Gasteiger partial charge in [-0.15, -0.1) is 11.8 Å². The second-order valence-electron chi connectivity index (χ2n) is 5.54. The molecule has 0 bridgehead atoms. The number of hydrogen-bond donors (Lipinski definition) is 0. The van der Waals surface area contributed by atoms with E-state index in [0.29, 0.717) is 12.2 Å². The maximum Gasteiger partial charge on any atom is 0.157 e. The average molecular weight is 340 g/mol. The van der Waals surface area contributed by atoms with Crippen LogP contribution in [0.25, 0.3) is 11.3 Å². The summed E-state index contributed by atoms with van der Waals surface area (Å²) in [5.74, 6) is 0.750. The molecule has 1 aromatic carbocycles. The Morgan fingerprint density at radius 3 is 2.83 bits per heavy atom. The highest BCUT2D eigenvalue weighted by Crippen LogP contribution is 2.25. The summed E-state index contributed by atoms with van der Waals surface area (Å²) in [5, 5.41) is 10.0. The molecular formula is C19H20N2O2S. The van der Waals surface area contributed by atoms with E-state index in [2.05, 4.69) is 11.1 Å². The highest BCUT2D eigenvalue weighted by Gasteiger charge is 2.14. The van der Waals surface area contributed by atoms with Crippen LogP contribution in [0.2, 0.25) is 0 Å². The summed E-state index contributed by atoms with van der Waals surface area (Å²) in [7, 11) is 0. The number of thioether (sulfide) groups is 1. The lowest BCUT2D eigenvalue weighted by molar-refractivity contribution is -0.158. The van der Waals surface area contributed by atoms with Gasteiger partial charge in [0, 0.05) is 17.9 Å². The molecule has 1 atom stereocenters. The molecule has 0 radical (unpaired) electrons. The zero-order chi connectivity index (χ0) is 16.6. The van der Waals surface area contributed by atoms with Gasteiger partial charge in [-0.1, -0.05) is 30.3 Å². The highest BCUT2D eigenvalue weighted by molar-refractivity contribution is 7.99. The van der Waals surface area contributed by atoms with Crippen LogP contribution in [-0.2, 0) is 9.47 Å². The Morgan fingerprint density at radius 1 is 1.21 bits per heavy atom. The van der Waals surface area contributed by atoms with Crippen molar-refractivity contribution >= 4 is 11.8 Å². The lowest BCUT2D eigenvalue weighted by atomic mass is 10.1. The Morgan fingerprint density at radius 2 is 2.08 bits per heavy atom. The number of ether oxygens (including phenoxy) is 2. The van der Waals surface area contributed by atoms with Crippen LogP contribution in [0.1, 0.15) is 24.8 Å². The number of nitrogens with zero attached hydrogens (tertiary/aromatic N) is 2. The summed E-state index contributed by atoms with van der Waals surface area (Å²) in [6.45, 7) is 1.38. The van der Waals surface area contributed by atoms with Gasteiger partial charge in [0.05, 0.1) is 17.9 Å². The number of nitriles is 1. The van der Waals surface area contributed by atoms with Crippen molar-refractivity contribution in [1.29, 1.82) is 5.26 Å². The van der Waals surface area contributed by atoms with Gasteiger partial charge < -0.3 is 9.47 Å². The van der Waals surface area contributed by atoms with Crippen molar-refractivity contribution in [3.05, 3.63) is 48.0 Å². The first kappa shape index (κ1) is 17.0. The topological polar surface area (TPSA) is 55.1 Å². The van der Waals surface area contributed by atoms with E-state index in [9.17, 15) is 5.26 Å². The molecule has 124 valence electrons. The number of pyridine rings is 1. The lowest BCUT2D eigenvalue weighted by Crippen LogP contribution is -2.23. The maximum absolute atomic E-state index is 9.29. The minimum Gasteiger partial charge on any atom is -0.353 e. The van der Waals surface area contributed by atoms with E-state index in [1.165, 1.54) is 0 Å². The van der Waals surface area contributed by atoms with E-state index in [-0.39, 0.29) is 6.29 Å². The molecule has 0 aliphatic carbocycles. The molecular weight excluding hydrogens is 320 g/mol. The Hall–Kier alpha value is -1.87. The predicted octanol–water partition coefficient (Wildman–Crippen LogP) is 4.26. The molecule has 0 spiro atoms. The third kappa shape index (κ3) is 4.57. The average Bonchev–Trinajstić information content (AvgIpc) is 2.66. The zero-order valence-corrected chi connectivity index (χ0v) is 14.3. The van der Waals surface area contributed by atoms with Crippen molar-refractivity contribution in [1.82, 2.24) is 4.98 Å². The second-order valence-corrected chi connectivity index (χ2v) is 6.63. The zero-order valence-electron chi connectivity index (χ0n) is 13.5. The maximum atomic E-state index is 9.29. The SMILES string of the molecule is N#Cc1ccc(-c2ccccc2)nc1SCCO[C@H]1CCCCO1. The predicted molar refractivity (Wildman–Crippen MR) is 94.7 cm³/mol. The standard InChI is InChI=1S/C19H20N2O2S/c20-14-16-9-10-17(15-6-2-1-3-7-15)21-19(16)24-13-12-23-18-8-4-5-11-22-18/h1-3,6-7,9-10,18H,4-5,8,11-13H2/t18-/m0/s1. The van der Waals surface area contributed by atoms with Crippen molar-refractivity contribution in [3.8, 4) is 17.3 Å². The first-order chi connectivity index (χ1) is 11.9. The Bertz CT molecular complexity index is 694. The highest BCUT2D eigenvalue weighted by atomic mass is 32.2. The van der Waals surface area contributed by atoms with Gasteiger partial charge >= 0.3 is 0 Å². The number of aromatic nitrogens is 1. The van der Waals surface area contributed by atoms with Gasteiger partial charge in [-0.3, -0.25) is 0 Å². The van der Waals surface area contributed by atoms with Crippen LogP contribution in [0.15, 0.2) is 47.5 Å². The Balaban J connectivity index is 1.60. The van der Waals surface area contributed by atoms with Crippen molar-refractivity contribution in [2.24, 2.45) is 0 Å². The minimum absolute atomic E-state index is 0.0709. The molecule has 0 saturated carbocycles. The van der Waals surface area contributed by atoms with Crippen molar-refractivity contribution < 1.29 is 9.47 Å². The summed E-state index contributed by atoms with van der Waals surface area (Å²) in [5.41, 5.74) is 2.54. The van der Waals surface area contributed by atoms with E-state index >= 15 is 0 Å². The van der Waals surface area contributed by atoms with Crippen LogP contribution in [-0.4, -0.2) is 30.2 Å². The summed E-state index contributed by atoms with van der Waals surface area (Å²) in [6.07, 6.45) is 3.18. The molecule has 24 heavy (non-hydrogen) atoms. The molecule has 2 heterocycles. The molecule has 0 amide bonds. The minimum atomic E-state index is -0.0709. The van der Waals surface area contributed by atoms with Crippen LogP contribution in [0, 0.1) is 11.3 Å². The molecule has 0 N–H and O–H groups in total. The van der Waals surface area contributed by atoms with Crippen LogP contribution in [0.4, 0.5) is 0 Å². The van der Waals surface area contributed by atoms with Crippen LogP contribution >= 0.6 is 11.8 Å². The van der Waals surface area contributed by atoms with Gasteiger partial charge in [0.25, 0.3) is 0 Å². The van der Waals surface area contributed by atoms with Gasteiger partial charge in [0.2, 0.25) is 0 Å². The smallest absolute Gasteiger partial charge is 0.157 e. The van der Waals surface area contributed by atoms with Crippen molar-refractivity contribution in [2.45, 2.75) is 30.6 Å². The summed E-state index contributed by atoms with van der Waals surface area (Å²) < 4.78 is 11.3. The third-order valence-electron chi connectivity index (χ3n) is 3.81. The number of benzene rings is 1. The van der Waals surface area contributed by atoms with Crippen LogP contribution in [0.5, 0.6) is 0 Å². The number of rotatable bonds is 6. The molecule has 1 fully saturated rings. The van der Waals surface area contributed by atoms with E-state index < -0.39 is 0 Å². The van der Waals surface area contributed by atoms with Gasteiger partial charge in [-0.05, 0) is 31.4 Å². The first-order valence-electron chi connectivity index (χ1n) is 8.19. The molecule has 0 unspecified atom stereocenters. The van der Waals surface area contributed by atoms with Gasteiger partial charge in [0.15, 0.2) is 6.29 Å². The van der Waals surface area contributed by atoms with E-state index in [4.69, 9.17) is 9.47 Å². The van der Waals surface area contributed by atoms with Crippen molar-refractivity contribution in [3.63, 3.8) is 0 Å². The fraction of sp³-hybridized carbons (Fsp3) is 0.368. The molecule has 1 aliphatic rings. The third-order valence-corrected chi connectivity index (χ3v) is 4.77. The van der Waals surface area contributed by atoms with Gasteiger partial charge in [0.1, 0.15) is 11.1 Å². The quantitative estimate of drug-likeness (QED) is 0.581. The molecule has 2 aromatic rings. The van der Waals surface area contributed by atoms with E-state index in [1.807, 2.05) is 42.5 Å². The summed E-state index contributed by atoms with van der Waals surface area (Å²) in [6, 6.07) is 15.9. The van der Waals surface area contributed by atoms with Gasteiger partial charge in [-0.25, -0.2) is 4.98 Å². The van der Waals surface area contributed by atoms with Crippen LogP contribution in [0.3, 0.4) is 0 Å².